The number of imidazole rings is 1. The Hall–Kier alpha value is -1.42. The molecule has 90 valence electrons. The highest BCUT2D eigenvalue weighted by atomic mass is 32.1. The highest BCUT2D eigenvalue weighted by molar-refractivity contribution is 7.71. The summed E-state index contributed by atoms with van der Waals surface area (Å²) in [5.41, 5.74) is 1.73. The molecular formula is C13H15FN2S. The number of rotatable bonds is 1. The second-order valence-electron chi connectivity index (χ2n) is 5.04. The molecule has 0 aliphatic rings. The summed E-state index contributed by atoms with van der Waals surface area (Å²) in [4.78, 5) is 3.02. The maximum atomic E-state index is 13.3. The number of halogens is 1. The van der Waals surface area contributed by atoms with Gasteiger partial charge in [0.1, 0.15) is 5.82 Å². The summed E-state index contributed by atoms with van der Waals surface area (Å²) in [6.45, 7) is 6.29. The van der Waals surface area contributed by atoms with E-state index in [-0.39, 0.29) is 11.2 Å². The fourth-order valence-electron chi connectivity index (χ4n) is 1.79. The molecule has 17 heavy (non-hydrogen) atoms. The van der Waals surface area contributed by atoms with Crippen molar-refractivity contribution in [3.8, 4) is 5.69 Å². The molecule has 0 atom stereocenters. The number of H-pyrrole nitrogens is 1. The van der Waals surface area contributed by atoms with Crippen LogP contribution in [0.3, 0.4) is 0 Å². The molecule has 2 aromatic rings. The lowest BCUT2D eigenvalue weighted by atomic mass is 9.92. The second kappa shape index (κ2) is 4.11. The lowest BCUT2D eigenvalue weighted by molar-refractivity contribution is 0.554. The van der Waals surface area contributed by atoms with E-state index in [4.69, 9.17) is 12.2 Å². The van der Waals surface area contributed by atoms with Gasteiger partial charge in [0.2, 0.25) is 0 Å². The van der Waals surface area contributed by atoms with Crippen LogP contribution in [0.5, 0.6) is 0 Å². The summed E-state index contributed by atoms with van der Waals surface area (Å²) in [5, 5.41) is 0. The lowest BCUT2D eigenvalue weighted by Crippen LogP contribution is -2.16. The van der Waals surface area contributed by atoms with Crippen molar-refractivity contribution in [1.82, 2.24) is 9.55 Å². The van der Waals surface area contributed by atoms with E-state index in [2.05, 4.69) is 25.8 Å². The molecule has 0 aliphatic carbocycles. The van der Waals surface area contributed by atoms with Crippen molar-refractivity contribution in [2.75, 3.05) is 0 Å². The Balaban J connectivity index is 2.67. The molecule has 2 nitrogen and oxygen atoms in total. The van der Waals surface area contributed by atoms with Crippen LogP contribution in [0.15, 0.2) is 30.5 Å². The fraction of sp³-hybridized carbons (Fsp3) is 0.308. The lowest BCUT2D eigenvalue weighted by Gasteiger charge is -2.20. The third-order valence-corrected chi connectivity index (χ3v) is 2.91. The van der Waals surface area contributed by atoms with E-state index in [9.17, 15) is 4.39 Å². The summed E-state index contributed by atoms with van der Waals surface area (Å²) < 4.78 is 15.7. The summed E-state index contributed by atoms with van der Waals surface area (Å²) >= 11 is 5.25. The van der Waals surface area contributed by atoms with Crippen molar-refractivity contribution in [2.24, 2.45) is 0 Å². The number of hydrogen-bond donors (Lipinski definition) is 1. The molecular weight excluding hydrogens is 235 g/mol. The van der Waals surface area contributed by atoms with Crippen molar-refractivity contribution in [2.45, 2.75) is 26.2 Å². The average Bonchev–Trinajstić information content (AvgIpc) is 2.59. The molecule has 0 bridgehead atoms. The zero-order chi connectivity index (χ0) is 12.6. The number of benzene rings is 1. The normalized spacial score (nSPS) is 11.8. The minimum absolute atomic E-state index is 0.0557. The number of aromatic amines is 1. The first-order valence-corrected chi connectivity index (χ1v) is 5.87. The molecule has 0 saturated heterocycles. The van der Waals surface area contributed by atoms with Crippen molar-refractivity contribution in [1.29, 1.82) is 0 Å². The van der Waals surface area contributed by atoms with Crippen LogP contribution in [0.2, 0.25) is 0 Å². The number of aromatic nitrogens is 2. The summed E-state index contributed by atoms with van der Waals surface area (Å²) in [6, 6.07) is 6.45. The minimum Gasteiger partial charge on any atom is -0.337 e. The molecule has 0 radical (unpaired) electrons. The van der Waals surface area contributed by atoms with Gasteiger partial charge in [0.05, 0.1) is 5.69 Å². The molecule has 1 aromatic carbocycles. The first-order valence-electron chi connectivity index (χ1n) is 5.46. The largest absolute Gasteiger partial charge is 0.337 e. The van der Waals surface area contributed by atoms with Crippen LogP contribution in [0.1, 0.15) is 26.5 Å². The van der Waals surface area contributed by atoms with Crippen molar-refractivity contribution in [3.63, 3.8) is 0 Å². The second-order valence-corrected chi connectivity index (χ2v) is 5.43. The third-order valence-electron chi connectivity index (χ3n) is 2.61. The molecule has 1 aromatic heterocycles. The topological polar surface area (TPSA) is 20.7 Å². The van der Waals surface area contributed by atoms with E-state index < -0.39 is 0 Å². The monoisotopic (exact) mass is 250 g/mol. The van der Waals surface area contributed by atoms with E-state index in [0.717, 1.165) is 11.4 Å². The first-order chi connectivity index (χ1) is 7.89. The van der Waals surface area contributed by atoms with Crippen molar-refractivity contribution >= 4 is 12.2 Å². The molecule has 1 N–H and O–H groups in total. The minimum atomic E-state index is -0.259. The zero-order valence-electron chi connectivity index (χ0n) is 10.1. The fourth-order valence-corrected chi connectivity index (χ4v) is 2.05. The Morgan fingerprint density at radius 2 is 2.00 bits per heavy atom. The van der Waals surface area contributed by atoms with E-state index in [1.165, 1.54) is 12.1 Å². The first kappa shape index (κ1) is 12.0. The predicted molar refractivity (Wildman–Crippen MR) is 69.6 cm³/mol. The van der Waals surface area contributed by atoms with Gasteiger partial charge in [-0.1, -0.05) is 26.8 Å². The van der Waals surface area contributed by atoms with E-state index in [0.29, 0.717) is 4.77 Å². The molecule has 1 heterocycles. The molecule has 0 amide bonds. The maximum Gasteiger partial charge on any atom is 0.182 e. The summed E-state index contributed by atoms with van der Waals surface area (Å²) in [7, 11) is 0. The Labute approximate surface area is 105 Å². The standard InChI is InChI=1S/C13H15FN2S/c1-13(2,3)11-8-15-12(17)16(11)10-6-4-5-9(14)7-10/h4-8H,1-3H3,(H,15,17). The quantitative estimate of drug-likeness (QED) is 0.759. The van der Waals surface area contributed by atoms with Gasteiger partial charge in [-0.05, 0) is 30.4 Å². The van der Waals surface area contributed by atoms with Gasteiger partial charge < -0.3 is 4.98 Å². The van der Waals surface area contributed by atoms with Gasteiger partial charge in [0.25, 0.3) is 0 Å². The Morgan fingerprint density at radius 3 is 2.59 bits per heavy atom. The number of nitrogens with zero attached hydrogens (tertiary/aromatic N) is 1. The van der Waals surface area contributed by atoms with Gasteiger partial charge in [-0.15, -0.1) is 0 Å². The summed E-state index contributed by atoms with van der Waals surface area (Å²) in [5.74, 6) is -0.259. The van der Waals surface area contributed by atoms with Crippen LogP contribution in [0.4, 0.5) is 4.39 Å². The molecule has 2 rings (SSSR count). The van der Waals surface area contributed by atoms with Crippen LogP contribution in [-0.2, 0) is 5.41 Å². The van der Waals surface area contributed by atoms with Crippen LogP contribution < -0.4 is 0 Å². The molecule has 0 fully saturated rings. The van der Waals surface area contributed by atoms with Gasteiger partial charge in [0.15, 0.2) is 4.77 Å². The average molecular weight is 250 g/mol. The van der Waals surface area contributed by atoms with Crippen molar-refractivity contribution < 1.29 is 4.39 Å². The molecule has 0 spiro atoms. The molecule has 0 saturated carbocycles. The van der Waals surface area contributed by atoms with Gasteiger partial charge in [0, 0.05) is 17.3 Å². The van der Waals surface area contributed by atoms with Crippen LogP contribution in [-0.4, -0.2) is 9.55 Å². The van der Waals surface area contributed by atoms with Gasteiger partial charge in [-0.25, -0.2) is 4.39 Å². The maximum absolute atomic E-state index is 13.3. The predicted octanol–water partition coefficient (Wildman–Crippen LogP) is 3.97. The van der Waals surface area contributed by atoms with E-state index >= 15 is 0 Å². The number of nitrogens with one attached hydrogen (secondary N) is 1. The van der Waals surface area contributed by atoms with Crippen LogP contribution in [0.25, 0.3) is 5.69 Å². The van der Waals surface area contributed by atoms with Gasteiger partial charge in [-0.3, -0.25) is 4.57 Å². The Bertz CT molecular complexity index is 590. The van der Waals surface area contributed by atoms with E-state index in [1.807, 2.05) is 16.8 Å². The highest BCUT2D eigenvalue weighted by Gasteiger charge is 2.20. The van der Waals surface area contributed by atoms with Gasteiger partial charge >= 0.3 is 0 Å². The van der Waals surface area contributed by atoms with Crippen LogP contribution >= 0.6 is 12.2 Å². The molecule has 4 heteroatoms. The van der Waals surface area contributed by atoms with Gasteiger partial charge in [-0.2, -0.15) is 0 Å². The Morgan fingerprint density at radius 1 is 1.29 bits per heavy atom. The van der Waals surface area contributed by atoms with Crippen molar-refractivity contribution in [3.05, 3.63) is 46.7 Å². The third kappa shape index (κ3) is 2.31. The molecule has 0 aliphatic heterocycles. The SMILES string of the molecule is CC(C)(C)c1c[nH]c(=S)n1-c1cccc(F)c1. The molecule has 0 unspecified atom stereocenters. The number of hydrogen-bond acceptors (Lipinski definition) is 1. The zero-order valence-corrected chi connectivity index (χ0v) is 10.9. The highest BCUT2D eigenvalue weighted by Crippen LogP contribution is 2.25. The summed E-state index contributed by atoms with van der Waals surface area (Å²) in [6.07, 6.45) is 1.88. The van der Waals surface area contributed by atoms with E-state index in [1.54, 1.807) is 6.07 Å². The van der Waals surface area contributed by atoms with Crippen LogP contribution in [0, 0.1) is 10.6 Å². The smallest absolute Gasteiger partial charge is 0.182 e. The Kier molecular flexibility index (Phi) is 2.91.